The van der Waals surface area contributed by atoms with Gasteiger partial charge < -0.3 is 45.0 Å². The van der Waals surface area contributed by atoms with Crippen LogP contribution in [-0.4, -0.2) is 125 Å². The fourth-order valence-electron chi connectivity index (χ4n) is 5.03. The Kier molecular flexibility index (Phi) is 98.3. The topological polar surface area (TPSA) is 207 Å². The first kappa shape index (κ1) is 76.5. The van der Waals surface area contributed by atoms with Crippen molar-refractivity contribution in [2.75, 3.05) is 0 Å². The van der Waals surface area contributed by atoms with Gasteiger partial charge in [-0.2, -0.15) is 0 Å². The Bertz CT molecular complexity index is 690. The molecule has 0 spiro atoms. The molecule has 0 saturated carbocycles. The summed E-state index contributed by atoms with van der Waals surface area (Å²) in [6.07, 6.45) is 35.8. The van der Waals surface area contributed by atoms with E-state index in [-0.39, 0.29) is 153 Å². The first-order valence-corrected chi connectivity index (χ1v) is 20.1. The van der Waals surface area contributed by atoms with Crippen molar-refractivity contribution in [3.8, 4) is 0 Å². The molecule has 0 bridgehead atoms. The molecule has 54 heavy (non-hydrogen) atoms. The monoisotopic (exact) mass is 937 g/mol. The van der Waals surface area contributed by atoms with E-state index in [1.54, 1.807) is 0 Å². The summed E-state index contributed by atoms with van der Waals surface area (Å²) in [5.74, 6) is -1.65. The number of rotatable bonds is 32. The predicted octanol–water partition coefficient (Wildman–Crippen LogP) is 6.19. The molecule has 5 N–H and O–H groups in total. The van der Waals surface area contributed by atoms with E-state index in [0.717, 1.165) is 50.9 Å². The number of hydrogen-bond donors (Lipinski definition) is 1. The SMILES string of the molecule is C.CCCCCCCCCC(=O)O.CCCCCCCCCC(=O)[O-].CCCCCCCCCC(=O)[O-].CCCCCCCCC[c-]1oo1.O.O.[H+].[Na+].[Sr+2].[Sr+2]. The molecule has 0 unspecified atom stereocenters. The largest absolute Gasteiger partial charge is 2.00 e. The van der Waals surface area contributed by atoms with Crippen molar-refractivity contribution in [1.29, 1.82) is 0 Å². The summed E-state index contributed by atoms with van der Waals surface area (Å²) < 4.78 is 9.14. The minimum Gasteiger partial charge on any atom is -0.550 e. The fraction of sp³-hybridized carbons (Fsp3) is 0.902. The van der Waals surface area contributed by atoms with Crippen LogP contribution in [0.25, 0.3) is 0 Å². The first-order valence-electron chi connectivity index (χ1n) is 20.1. The Hall–Kier alpha value is 1.76. The summed E-state index contributed by atoms with van der Waals surface area (Å²) >= 11 is 0. The van der Waals surface area contributed by atoms with Crippen LogP contribution in [0.2, 0.25) is 0 Å². The molecule has 1 aromatic rings. The third-order valence-corrected chi connectivity index (χ3v) is 8.15. The summed E-state index contributed by atoms with van der Waals surface area (Å²) in [5.41, 5.74) is 0. The molecule has 1 heterocycles. The minimum absolute atomic E-state index is 0. The van der Waals surface area contributed by atoms with Crippen molar-refractivity contribution >= 4 is 109 Å². The van der Waals surface area contributed by atoms with Crippen LogP contribution < -0.4 is 39.8 Å². The Labute approximate surface area is 430 Å². The number of carboxylic acids is 3. The van der Waals surface area contributed by atoms with Crippen molar-refractivity contribution in [1.82, 2.24) is 0 Å². The Morgan fingerprint density at radius 2 is 0.685 bits per heavy atom. The van der Waals surface area contributed by atoms with E-state index in [0.29, 0.717) is 6.42 Å². The molecule has 0 saturated heterocycles. The van der Waals surface area contributed by atoms with Crippen molar-refractivity contribution in [3.63, 3.8) is 0 Å². The average Bonchev–Trinajstić information content (AvgIpc) is 3.88. The van der Waals surface area contributed by atoms with Crippen LogP contribution >= 0.6 is 0 Å². The van der Waals surface area contributed by atoms with Gasteiger partial charge in [-0.05, 0) is 32.1 Å². The number of carbonyl (C=O) groups excluding carboxylic acids is 2. The second kappa shape index (κ2) is 69.4. The van der Waals surface area contributed by atoms with Crippen molar-refractivity contribution in [2.24, 2.45) is 0 Å². The van der Waals surface area contributed by atoms with Gasteiger partial charge in [0.25, 0.3) is 0 Å². The number of hydrogen-bond acceptors (Lipinski definition) is 7. The number of aryl methyl sites for hydroxylation is 1. The van der Waals surface area contributed by atoms with Gasteiger partial charge in [0.2, 0.25) is 0 Å². The number of aliphatic carboxylic acids is 3. The van der Waals surface area contributed by atoms with Gasteiger partial charge in [-0.15, -0.1) is 0 Å². The summed E-state index contributed by atoms with van der Waals surface area (Å²) in [6.45, 7) is 8.83. The standard InChI is InChI=1S/C10H19O2.3C10H20O2.CH4.Na.2H2O.2Sr/c1-2-3-4-5-6-7-8-9-10-11-12-10;3*1-2-3-4-5-6-7-8-9-10(11)12;;;;;;/h2-9H2,1H3;3*2-9H2,1H3,(H,11,12);1H4;;2*1H2;;/q-1;;;;;+1;;;2*+2/p-1. The molecule has 10 nitrogen and oxygen atoms in total. The van der Waals surface area contributed by atoms with Crippen LogP contribution in [0.4, 0.5) is 0 Å². The molecule has 0 radical (unpaired) electrons. The molecule has 0 aliphatic carbocycles. The fourth-order valence-corrected chi connectivity index (χ4v) is 5.03. The second-order valence-electron chi connectivity index (χ2n) is 13.2. The van der Waals surface area contributed by atoms with Crippen LogP contribution in [-0.2, 0) is 20.8 Å². The van der Waals surface area contributed by atoms with Gasteiger partial charge in [-0.25, -0.2) is 0 Å². The third kappa shape index (κ3) is 90.1. The molecule has 13 heteroatoms. The van der Waals surface area contributed by atoms with Crippen molar-refractivity contribution in [2.45, 2.75) is 241 Å². The van der Waals surface area contributed by atoms with Gasteiger partial charge in [-0.3, -0.25) is 4.79 Å². The molecular formula is C41H86NaO10Sr2+3. The molecule has 0 atom stereocenters. The Morgan fingerprint density at radius 1 is 0.463 bits per heavy atom. The summed E-state index contributed by atoms with van der Waals surface area (Å²) in [7, 11) is 0. The zero-order valence-electron chi connectivity index (χ0n) is 36.3. The van der Waals surface area contributed by atoms with E-state index in [2.05, 4.69) is 36.8 Å². The molecule has 0 amide bonds. The Balaban J connectivity index is -0.0000000589. The van der Waals surface area contributed by atoms with Crippen LogP contribution in [0.3, 0.4) is 0 Å². The molecular weight excluding hydrogens is 851 g/mol. The van der Waals surface area contributed by atoms with Crippen LogP contribution in [0.5, 0.6) is 0 Å². The van der Waals surface area contributed by atoms with Crippen molar-refractivity contribution < 1.29 is 80.8 Å². The Morgan fingerprint density at radius 3 is 0.907 bits per heavy atom. The summed E-state index contributed by atoms with van der Waals surface area (Å²) in [6, 6.07) is 0. The van der Waals surface area contributed by atoms with E-state index >= 15 is 0 Å². The molecule has 0 aliphatic heterocycles. The van der Waals surface area contributed by atoms with E-state index in [9.17, 15) is 24.6 Å². The van der Waals surface area contributed by atoms with E-state index < -0.39 is 17.9 Å². The minimum atomic E-state index is -0.913. The van der Waals surface area contributed by atoms with Crippen LogP contribution in [0.1, 0.15) is 242 Å². The molecule has 0 fully saturated rings. The molecule has 0 aliphatic rings. The number of carbonyl (C=O) groups is 3. The predicted molar refractivity (Wildman–Crippen MR) is 220 cm³/mol. The van der Waals surface area contributed by atoms with Gasteiger partial charge in [0.15, 0.2) is 0 Å². The maximum Gasteiger partial charge on any atom is 2.00 e. The maximum atomic E-state index is 10.1. The molecule has 1 rings (SSSR count). The van der Waals surface area contributed by atoms with E-state index in [1.165, 1.54) is 141 Å². The number of carboxylic acid groups (broad SMARTS) is 3. The smallest absolute Gasteiger partial charge is 0.550 e. The van der Waals surface area contributed by atoms with Crippen molar-refractivity contribution in [3.05, 3.63) is 5.96 Å². The average molecular weight is 937 g/mol. The van der Waals surface area contributed by atoms with E-state index in [1.807, 2.05) is 0 Å². The van der Waals surface area contributed by atoms with E-state index in [4.69, 9.17) is 5.11 Å². The second-order valence-corrected chi connectivity index (χ2v) is 13.2. The zero-order chi connectivity index (χ0) is 36.4. The van der Waals surface area contributed by atoms with Gasteiger partial charge in [0.05, 0.1) is 0 Å². The quantitative estimate of drug-likeness (QED) is 0.0381. The normalized spacial score (nSPS) is 9.19. The maximum absolute atomic E-state index is 10.1. The molecule has 312 valence electrons. The third-order valence-electron chi connectivity index (χ3n) is 8.15. The van der Waals surface area contributed by atoms with Gasteiger partial charge >= 0.3 is 128 Å². The van der Waals surface area contributed by atoms with Crippen LogP contribution in [0, 0.1) is 0 Å². The first-order chi connectivity index (χ1) is 23.2. The van der Waals surface area contributed by atoms with Gasteiger partial charge in [-0.1, -0.05) is 202 Å². The molecule has 1 aromatic heterocycles. The van der Waals surface area contributed by atoms with Gasteiger partial charge in [0, 0.05) is 24.3 Å². The zero-order valence-corrected chi connectivity index (χ0v) is 44.3. The van der Waals surface area contributed by atoms with Gasteiger partial charge in [0.1, 0.15) is 0 Å². The molecule has 0 aromatic carbocycles. The number of unbranched alkanes of at least 4 members (excludes halogenated alkanes) is 24. The van der Waals surface area contributed by atoms with Crippen LogP contribution in [0.15, 0.2) is 9.15 Å². The summed E-state index contributed by atoms with van der Waals surface area (Å²) in [5, 5.41) is 28.4. The summed E-state index contributed by atoms with van der Waals surface area (Å²) in [4.78, 5) is 30.2.